The molecule has 2 unspecified atom stereocenters. The molecule has 0 aromatic heterocycles. The highest BCUT2D eigenvalue weighted by Gasteiger charge is 2.24. The fourth-order valence-corrected chi connectivity index (χ4v) is 2.38. The molecule has 0 aliphatic rings. The van der Waals surface area contributed by atoms with Gasteiger partial charge in [-0.1, -0.05) is 6.92 Å². The quantitative estimate of drug-likeness (QED) is 0.389. The van der Waals surface area contributed by atoms with Crippen LogP contribution in [0, 0.1) is 15.9 Å². The molecule has 1 N–H and O–H groups in total. The molecule has 0 bridgehead atoms. The minimum absolute atomic E-state index is 0.102. The van der Waals surface area contributed by atoms with Crippen molar-refractivity contribution >= 4 is 23.4 Å². The van der Waals surface area contributed by atoms with E-state index in [1.807, 2.05) is 0 Å². The molecule has 1 rings (SSSR count). The number of methoxy groups -OCH3 is 1. The maximum absolute atomic E-state index is 13.7. The van der Waals surface area contributed by atoms with Gasteiger partial charge in [0, 0.05) is 5.25 Å². The zero-order valence-electron chi connectivity index (χ0n) is 11.1. The summed E-state index contributed by atoms with van der Waals surface area (Å²) in [4.78, 5) is 21.7. The van der Waals surface area contributed by atoms with Gasteiger partial charge >= 0.3 is 5.97 Å². The van der Waals surface area contributed by atoms with Gasteiger partial charge in [0.1, 0.15) is 5.82 Å². The number of hydrogen-bond donors (Lipinski definition) is 1. The van der Waals surface area contributed by atoms with Crippen LogP contribution in [0.15, 0.2) is 17.0 Å². The van der Waals surface area contributed by atoms with E-state index in [1.54, 1.807) is 6.92 Å². The van der Waals surface area contributed by atoms with Gasteiger partial charge in [-0.2, -0.15) is 0 Å². The Labute approximate surface area is 119 Å². The number of rotatable bonds is 5. The number of benzene rings is 1. The molecule has 110 valence electrons. The number of nitro benzene ring substituents is 1. The van der Waals surface area contributed by atoms with Crippen LogP contribution in [0.4, 0.5) is 10.1 Å². The molecule has 1 aromatic carbocycles. The summed E-state index contributed by atoms with van der Waals surface area (Å²) in [5, 5.41) is 20.0. The van der Waals surface area contributed by atoms with E-state index in [9.17, 15) is 24.4 Å². The molecule has 0 radical (unpaired) electrons. The van der Waals surface area contributed by atoms with E-state index >= 15 is 0 Å². The largest absolute Gasteiger partial charge is 0.465 e. The number of hydrogen-bond acceptors (Lipinski definition) is 6. The Hall–Kier alpha value is -1.67. The summed E-state index contributed by atoms with van der Waals surface area (Å²) in [5.74, 6) is -1.93. The molecule has 0 saturated heterocycles. The number of aliphatic hydroxyl groups is 1. The highest BCUT2D eigenvalue weighted by molar-refractivity contribution is 8.00. The summed E-state index contributed by atoms with van der Waals surface area (Å²) >= 11 is 0.991. The topological polar surface area (TPSA) is 89.7 Å². The third-order valence-electron chi connectivity index (χ3n) is 2.64. The number of nitrogens with zero attached hydrogens (tertiary/aromatic N) is 1. The van der Waals surface area contributed by atoms with Crippen molar-refractivity contribution in [2.24, 2.45) is 0 Å². The van der Waals surface area contributed by atoms with E-state index in [0.717, 1.165) is 24.9 Å². The molecule has 1 aromatic rings. The van der Waals surface area contributed by atoms with Gasteiger partial charge in [-0.05, 0) is 13.0 Å². The maximum atomic E-state index is 13.7. The summed E-state index contributed by atoms with van der Waals surface area (Å²) in [6.07, 6.45) is -0.716. The second kappa shape index (κ2) is 6.67. The molecular formula is C12H14FNO5S. The van der Waals surface area contributed by atoms with Gasteiger partial charge in [-0.3, -0.25) is 10.1 Å². The zero-order valence-corrected chi connectivity index (χ0v) is 11.9. The van der Waals surface area contributed by atoms with E-state index in [-0.39, 0.29) is 15.7 Å². The Morgan fingerprint density at radius 1 is 1.50 bits per heavy atom. The highest BCUT2D eigenvalue weighted by atomic mass is 32.2. The van der Waals surface area contributed by atoms with Crippen LogP contribution in [0.2, 0.25) is 0 Å². The fraction of sp³-hybridized carbons (Fsp3) is 0.417. The maximum Gasteiger partial charge on any atom is 0.340 e. The lowest BCUT2D eigenvalue weighted by molar-refractivity contribution is -0.387. The standard InChI is InChI=1S/C12H14FNO5S/c1-6(15)7(2)20-11-4-8(12(16)19-3)9(13)5-10(11)14(17)18/h4-7,15H,1-3H3. The third-order valence-corrected chi connectivity index (χ3v) is 3.99. The van der Waals surface area contributed by atoms with Crippen LogP contribution in [0.5, 0.6) is 0 Å². The minimum Gasteiger partial charge on any atom is -0.465 e. The molecule has 0 amide bonds. The molecule has 8 heteroatoms. The van der Waals surface area contributed by atoms with Crippen molar-refractivity contribution in [2.75, 3.05) is 7.11 Å². The van der Waals surface area contributed by atoms with Gasteiger partial charge in [-0.25, -0.2) is 9.18 Å². The molecule has 20 heavy (non-hydrogen) atoms. The second-order valence-electron chi connectivity index (χ2n) is 4.11. The van der Waals surface area contributed by atoms with E-state index in [0.29, 0.717) is 6.07 Å². The van der Waals surface area contributed by atoms with Crippen LogP contribution in [-0.2, 0) is 4.74 Å². The summed E-state index contributed by atoms with van der Waals surface area (Å²) < 4.78 is 18.1. The van der Waals surface area contributed by atoms with Gasteiger partial charge in [0.05, 0.1) is 34.7 Å². The first kappa shape index (κ1) is 16.4. The summed E-state index contributed by atoms with van der Waals surface area (Å²) in [5.41, 5.74) is -0.828. The zero-order chi connectivity index (χ0) is 15.4. The first-order valence-corrected chi connectivity index (χ1v) is 6.56. The average molecular weight is 303 g/mol. The first-order chi connectivity index (χ1) is 9.27. The smallest absolute Gasteiger partial charge is 0.340 e. The van der Waals surface area contributed by atoms with Crippen molar-refractivity contribution in [3.05, 3.63) is 33.6 Å². The van der Waals surface area contributed by atoms with Crippen molar-refractivity contribution in [1.82, 2.24) is 0 Å². The van der Waals surface area contributed by atoms with Gasteiger partial charge in [0.2, 0.25) is 0 Å². The Balaban J connectivity index is 3.30. The summed E-state index contributed by atoms with van der Waals surface area (Å²) in [6, 6.07) is 1.76. The summed E-state index contributed by atoms with van der Waals surface area (Å²) in [6.45, 7) is 3.20. The number of halogens is 1. The predicted molar refractivity (Wildman–Crippen MR) is 71.4 cm³/mol. The van der Waals surface area contributed by atoms with Crippen LogP contribution < -0.4 is 0 Å². The monoisotopic (exact) mass is 303 g/mol. The Bertz CT molecular complexity index is 535. The minimum atomic E-state index is -1.02. The highest BCUT2D eigenvalue weighted by Crippen LogP contribution is 2.35. The van der Waals surface area contributed by atoms with Crippen molar-refractivity contribution < 1.29 is 24.0 Å². The van der Waals surface area contributed by atoms with Crippen LogP contribution in [0.25, 0.3) is 0 Å². The van der Waals surface area contributed by atoms with Crippen molar-refractivity contribution in [2.45, 2.75) is 30.1 Å². The molecule has 0 heterocycles. The van der Waals surface area contributed by atoms with Gasteiger partial charge in [0.15, 0.2) is 0 Å². The Morgan fingerprint density at radius 3 is 2.55 bits per heavy atom. The van der Waals surface area contributed by atoms with Gasteiger partial charge in [0.25, 0.3) is 5.69 Å². The van der Waals surface area contributed by atoms with Crippen molar-refractivity contribution in [1.29, 1.82) is 0 Å². The van der Waals surface area contributed by atoms with Crippen LogP contribution in [0.3, 0.4) is 0 Å². The van der Waals surface area contributed by atoms with Crippen molar-refractivity contribution in [3.63, 3.8) is 0 Å². The lowest BCUT2D eigenvalue weighted by Gasteiger charge is -2.14. The first-order valence-electron chi connectivity index (χ1n) is 5.68. The summed E-state index contributed by atoms with van der Waals surface area (Å²) in [7, 11) is 1.09. The van der Waals surface area contributed by atoms with E-state index in [1.165, 1.54) is 6.92 Å². The molecule has 6 nitrogen and oxygen atoms in total. The number of carbonyl (C=O) groups is 1. The number of nitro groups is 1. The number of esters is 1. The third kappa shape index (κ3) is 3.67. The molecule has 0 fully saturated rings. The molecular weight excluding hydrogens is 289 g/mol. The normalized spacial score (nSPS) is 13.7. The van der Waals surface area contributed by atoms with Crippen molar-refractivity contribution in [3.8, 4) is 0 Å². The SMILES string of the molecule is COC(=O)c1cc(SC(C)C(C)O)c([N+](=O)[O-])cc1F. The van der Waals surface area contributed by atoms with Crippen LogP contribution in [0.1, 0.15) is 24.2 Å². The van der Waals surface area contributed by atoms with Gasteiger partial charge < -0.3 is 9.84 Å². The number of thioether (sulfide) groups is 1. The lowest BCUT2D eigenvalue weighted by atomic mass is 10.2. The Kier molecular flexibility index (Phi) is 5.46. The second-order valence-corrected chi connectivity index (χ2v) is 5.53. The van der Waals surface area contributed by atoms with Crippen LogP contribution >= 0.6 is 11.8 Å². The van der Waals surface area contributed by atoms with E-state index < -0.39 is 28.5 Å². The predicted octanol–water partition coefficient (Wildman–Crippen LogP) is 2.38. The molecule has 0 aliphatic heterocycles. The van der Waals surface area contributed by atoms with Gasteiger partial charge in [-0.15, -0.1) is 11.8 Å². The number of aliphatic hydroxyl groups excluding tert-OH is 1. The molecule has 0 spiro atoms. The lowest BCUT2D eigenvalue weighted by Crippen LogP contribution is -2.15. The number of carbonyl (C=O) groups excluding carboxylic acids is 1. The molecule has 0 saturated carbocycles. The fourth-order valence-electron chi connectivity index (χ4n) is 1.35. The average Bonchev–Trinajstić information content (AvgIpc) is 2.38. The molecule has 0 aliphatic carbocycles. The number of ether oxygens (including phenoxy) is 1. The van der Waals surface area contributed by atoms with E-state index in [2.05, 4.69) is 4.74 Å². The van der Waals surface area contributed by atoms with Crippen LogP contribution in [-0.4, -0.2) is 34.5 Å². The molecule has 2 atom stereocenters. The van der Waals surface area contributed by atoms with E-state index in [4.69, 9.17) is 0 Å². The Morgan fingerprint density at radius 2 is 2.10 bits per heavy atom.